The minimum atomic E-state index is -0.937. The molecule has 186 valence electrons. The molecule has 1 aromatic heterocycles. The van der Waals surface area contributed by atoms with Crippen LogP contribution in [0.1, 0.15) is 23.2 Å². The molecule has 1 amide bonds. The number of ether oxygens (including phenoxy) is 1. The van der Waals surface area contributed by atoms with Gasteiger partial charge in [-0.05, 0) is 59.4 Å². The number of fused-ring (bicyclic) bond motifs is 4. The molecule has 1 N–H and O–H groups in total. The van der Waals surface area contributed by atoms with Gasteiger partial charge in [0.05, 0.1) is 13.0 Å². The van der Waals surface area contributed by atoms with Crippen molar-refractivity contribution in [2.45, 2.75) is 38.3 Å². The van der Waals surface area contributed by atoms with Crippen molar-refractivity contribution in [2.24, 2.45) is 0 Å². The maximum Gasteiger partial charge on any atom is 0.323 e. The summed E-state index contributed by atoms with van der Waals surface area (Å²) in [6.07, 6.45) is 2.15. The molecule has 3 aromatic carbocycles. The number of aromatic nitrogens is 1. The van der Waals surface area contributed by atoms with Crippen LogP contribution in [0.15, 0.2) is 60.7 Å². The average Bonchev–Trinajstić information content (AvgIpc) is 3.16. The van der Waals surface area contributed by atoms with Crippen molar-refractivity contribution in [2.75, 3.05) is 20.3 Å². The molecule has 1 heterocycles. The van der Waals surface area contributed by atoms with E-state index in [1.54, 1.807) is 17.7 Å². The van der Waals surface area contributed by atoms with Crippen LogP contribution in [0, 0.1) is 5.82 Å². The number of carbonyl (C=O) groups excluding carboxylic acids is 1. The Morgan fingerprint density at radius 1 is 1.11 bits per heavy atom. The Labute approximate surface area is 208 Å². The molecule has 7 heteroatoms. The summed E-state index contributed by atoms with van der Waals surface area (Å²) in [5, 5.41) is 12.4. The summed E-state index contributed by atoms with van der Waals surface area (Å²) in [6, 6.07) is 18.5. The zero-order valence-electron chi connectivity index (χ0n) is 20.2. The third-order valence-electron chi connectivity index (χ3n) is 7.22. The normalized spacial score (nSPS) is 15.2. The van der Waals surface area contributed by atoms with Gasteiger partial charge < -0.3 is 19.3 Å². The van der Waals surface area contributed by atoms with Gasteiger partial charge in [-0.1, -0.05) is 42.5 Å². The first-order chi connectivity index (χ1) is 17.5. The zero-order chi connectivity index (χ0) is 25.2. The minimum Gasteiger partial charge on any atom is -0.480 e. The zero-order valence-corrected chi connectivity index (χ0v) is 20.2. The molecular formula is C29H29FN2O4. The molecule has 0 saturated heterocycles. The Morgan fingerprint density at radius 3 is 2.72 bits per heavy atom. The second kappa shape index (κ2) is 10.1. The van der Waals surface area contributed by atoms with Crippen molar-refractivity contribution in [1.29, 1.82) is 0 Å². The lowest BCUT2D eigenvalue weighted by molar-refractivity contribution is -0.137. The molecule has 6 nitrogen and oxygen atoms in total. The van der Waals surface area contributed by atoms with Crippen LogP contribution >= 0.6 is 0 Å². The van der Waals surface area contributed by atoms with E-state index in [2.05, 4.69) is 0 Å². The van der Waals surface area contributed by atoms with Gasteiger partial charge in [0.1, 0.15) is 12.4 Å². The predicted octanol–water partition coefficient (Wildman–Crippen LogP) is 4.59. The average molecular weight is 489 g/mol. The molecule has 0 spiro atoms. The van der Waals surface area contributed by atoms with Crippen molar-refractivity contribution in [3.63, 3.8) is 0 Å². The van der Waals surface area contributed by atoms with Crippen LogP contribution in [0.5, 0.6) is 0 Å². The van der Waals surface area contributed by atoms with Gasteiger partial charge in [-0.3, -0.25) is 9.59 Å². The number of hydrogen-bond acceptors (Lipinski definition) is 3. The van der Waals surface area contributed by atoms with E-state index in [1.165, 1.54) is 12.1 Å². The molecule has 0 aliphatic heterocycles. The first-order valence-electron chi connectivity index (χ1n) is 12.2. The third kappa shape index (κ3) is 4.58. The quantitative estimate of drug-likeness (QED) is 0.394. The Balaban J connectivity index is 1.47. The fourth-order valence-corrected chi connectivity index (χ4v) is 5.60. The summed E-state index contributed by atoms with van der Waals surface area (Å²) in [7, 11) is 1.62. The molecular weight excluding hydrogens is 459 g/mol. The minimum absolute atomic E-state index is 0.0253. The van der Waals surface area contributed by atoms with Crippen molar-refractivity contribution in [1.82, 2.24) is 9.47 Å². The predicted molar refractivity (Wildman–Crippen MR) is 137 cm³/mol. The fourth-order valence-electron chi connectivity index (χ4n) is 5.60. The number of carboxylic acids is 1. The molecule has 0 bridgehead atoms. The summed E-state index contributed by atoms with van der Waals surface area (Å²) in [4.78, 5) is 27.1. The first-order valence-corrected chi connectivity index (χ1v) is 12.2. The third-order valence-corrected chi connectivity index (χ3v) is 7.22. The number of amides is 1. The van der Waals surface area contributed by atoms with E-state index in [9.17, 15) is 19.1 Å². The lowest BCUT2D eigenvalue weighted by Crippen LogP contribution is -2.46. The highest BCUT2D eigenvalue weighted by Gasteiger charge is 2.31. The summed E-state index contributed by atoms with van der Waals surface area (Å²) in [5.74, 6) is -1.27. The fraction of sp³-hybridized carbons (Fsp3) is 0.310. The van der Waals surface area contributed by atoms with E-state index < -0.39 is 5.97 Å². The van der Waals surface area contributed by atoms with Crippen molar-refractivity contribution in [3.8, 4) is 0 Å². The topological polar surface area (TPSA) is 71.8 Å². The second-order valence-electron chi connectivity index (χ2n) is 9.36. The smallest absolute Gasteiger partial charge is 0.323 e. The van der Waals surface area contributed by atoms with Gasteiger partial charge in [-0.15, -0.1) is 0 Å². The van der Waals surface area contributed by atoms with Crippen LogP contribution in [0.3, 0.4) is 0 Å². The van der Waals surface area contributed by atoms with Crippen molar-refractivity contribution < 1.29 is 23.8 Å². The van der Waals surface area contributed by atoms with Crippen LogP contribution in [0.2, 0.25) is 0 Å². The number of rotatable bonds is 8. The molecule has 1 unspecified atom stereocenters. The lowest BCUT2D eigenvalue weighted by atomic mass is 9.89. The largest absolute Gasteiger partial charge is 0.480 e. The van der Waals surface area contributed by atoms with E-state index in [-0.39, 0.29) is 30.7 Å². The van der Waals surface area contributed by atoms with Gasteiger partial charge in [0.2, 0.25) is 5.91 Å². The van der Waals surface area contributed by atoms with E-state index in [0.29, 0.717) is 32.4 Å². The molecule has 1 atom stereocenters. The van der Waals surface area contributed by atoms with Crippen molar-refractivity contribution in [3.05, 3.63) is 83.3 Å². The highest BCUT2D eigenvalue weighted by Crippen LogP contribution is 2.34. The van der Waals surface area contributed by atoms with Crippen molar-refractivity contribution >= 4 is 33.6 Å². The van der Waals surface area contributed by atoms with Gasteiger partial charge in [-0.2, -0.15) is 0 Å². The van der Waals surface area contributed by atoms with Crippen LogP contribution < -0.4 is 0 Å². The molecule has 4 aromatic rings. The van der Waals surface area contributed by atoms with Gasteiger partial charge in [0, 0.05) is 36.3 Å². The lowest BCUT2D eigenvalue weighted by Gasteiger charge is -2.35. The number of halogens is 1. The number of methoxy groups -OCH3 is 1. The van der Waals surface area contributed by atoms with E-state index in [1.807, 2.05) is 47.4 Å². The number of benzene rings is 3. The molecule has 1 aliphatic rings. The Morgan fingerprint density at radius 2 is 1.92 bits per heavy atom. The van der Waals surface area contributed by atoms with Gasteiger partial charge >= 0.3 is 5.97 Å². The molecule has 0 radical (unpaired) electrons. The number of hydrogen-bond donors (Lipinski definition) is 1. The highest BCUT2D eigenvalue weighted by molar-refractivity contribution is 5.91. The monoisotopic (exact) mass is 488 g/mol. The van der Waals surface area contributed by atoms with Gasteiger partial charge in [0.25, 0.3) is 0 Å². The van der Waals surface area contributed by atoms with Gasteiger partial charge in [-0.25, -0.2) is 4.39 Å². The van der Waals surface area contributed by atoms with Crippen LogP contribution in [0.25, 0.3) is 21.7 Å². The first kappa shape index (κ1) is 24.0. The molecule has 1 aliphatic carbocycles. The van der Waals surface area contributed by atoms with E-state index in [4.69, 9.17) is 4.74 Å². The number of nitrogens with zero attached hydrogens (tertiary/aromatic N) is 2. The Hall–Kier alpha value is -3.71. The van der Waals surface area contributed by atoms with E-state index >= 15 is 0 Å². The summed E-state index contributed by atoms with van der Waals surface area (Å²) < 4.78 is 21.3. The number of aliphatic carboxylic acids is 1. The number of carbonyl (C=O) groups is 2. The summed E-state index contributed by atoms with van der Waals surface area (Å²) in [6.45, 7) is 0.706. The maximum absolute atomic E-state index is 14.2. The van der Waals surface area contributed by atoms with E-state index in [0.717, 1.165) is 38.5 Å². The Kier molecular flexibility index (Phi) is 6.74. The maximum atomic E-state index is 14.2. The Bertz CT molecular complexity index is 1440. The highest BCUT2D eigenvalue weighted by atomic mass is 19.1. The molecule has 0 fully saturated rings. The number of carboxylic acid groups (broad SMARTS) is 1. The van der Waals surface area contributed by atoms with Crippen LogP contribution in [-0.4, -0.2) is 52.8 Å². The summed E-state index contributed by atoms with van der Waals surface area (Å²) in [5.41, 5.74) is 3.55. The standard InChI is InChI=1S/C29H29FN2O4/c1-36-14-13-31(28(33)15-20-7-4-6-19-5-2-3-8-23(19)20)22-10-12-27-25(17-22)24-16-21(30)9-11-26(24)32(27)18-29(34)35/h2-9,11,16,22H,10,12-15,17-18H2,1H3,(H,34,35). The van der Waals surface area contributed by atoms with Gasteiger partial charge in [0.15, 0.2) is 0 Å². The SMILES string of the molecule is COCCN(C(=O)Cc1cccc2ccccc12)C1CCc2c(c3cc(F)ccc3n2CC(=O)O)C1. The molecule has 5 rings (SSSR count). The molecule has 36 heavy (non-hydrogen) atoms. The van der Waals surface area contributed by atoms with Crippen LogP contribution in [-0.2, 0) is 40.1 Å². The summed E-state index contributed by atoms with van der Waals surface area (Å²) >= 11 is 0. The second-order valence-corrected chi connectivity index (χ2v) is 9.36. The van der Waals surface area contributed by atoms with Crippen LogP contribution in [0.4, 0.5) is 4.39 Å². The molecule has 0 saturated carbocycles.